The van der Waals surface area contributed by atoms with Gasteiger partial charge in [-0.1, -0.05) is 18.2 Å². The van der Waals surface area contributed by atoms with Crippen LogP contribution in [0, 0.1) is 10.1 Å². The number of benzene rings is 2. The molecule has 0 spiro atoms. The molecule has 0 bridgehead atoms. The second kappa shape index (κ2) is 9.29. The van der Waals surface area contributed by atoms with E-state index in [2.05, 4.69) is 10.2 Å². The Morgan fingerprint density at radius 2 is 2.09 bits per heavy atom. The summed E-state index contributed by atoms with van der Waals surface area (Å²) in [4.78, 5) is 25.8. The number of carbonyl (C=O) groups excluding carboxylic acids is 1. The number of H-pyrrole nitrogens is 1. The number of phenols is 1. The Kier molecular flexibility index (Phi) is 6.27. The largest absolute Gasteiger partial charge is 0.504 e. The van der Waals surface area contributed by atoms with E-state index in [9.17, 15) is 20.0 Å². The van der Waals surface area contributed by atoms with Crippen LogP contribution in [0.4, 0.5) is 5.69 Å². The van der Waals surface area contributed by atoms with Gasteiger partial charge in [-0.15, -0.1) is 0 Å². The van der Waals surface area contributed by atoms with Crippen LogP contribution in [0.25, 0.3) is 11.3 Å². The number of nitro benzene ring substituents is 1. The van der Waals surface area contributed by atoms with Crippen molar-refractivity contribution in [2.24, 2.45) is 0 Å². The number of non-ortho nitro benzene ring substituents is 1. The molecule has 2 N–H and O–H groups in total. The fourth-order valence-electron chi connectivity index (χ4n) is 4.11. The maximum absolute atomic E-state index is 13.3. The fraction of sp³-hybridized carbons (Fsp3) is 0.304. The van der Waals surface area contributed by atoms with Crippen LogP contribution < -0.4 is 4.74 Å². The zero-order valence-electron chi connectivity index (χ0n) is 18.3. The molecule has 0 saturated carbocycles. The summed E-state index contributed by atoms with van der Waals surface area (Å²) >= 11 is 0. The average Bonchev–Trinajstić information content (AvgIpc) is 3.35. The van der Waals surface area contributed by atoms with Crippen LogP contribution in [0.1, 0.15) is 41.0 Å². The van der Waals surface area contributed by atoms with Crippen molar-refractivity contribution in [3.05, 3.63) is 69.4 Å². The molecule has 0 saturated heterocycles. The van der Waals surface area contributed by atoms with Gasteiger partial charge in [0.05, 0.1) is 23.3 Å². The maximum Gasteiger partial charge on any atom is 0.273 e. The highest BCUT2D eigenvalue weighted by molar-refractivity contribution is 6.00. The number of carbonyl (C=O) groups is 1. The molecular weight excluding hydrogens is 428 g/mol. The van der Waals surface area contributed by atoms with E-state index in [0.29, 0.717) is 54.4 Å². The molecule has 1 aromatic heterocycles. The fourth-order valence-corrected chi connectivity index (χ4v) is 4.11. The van der Waals surface area contributed by atoms with Crippen LogP contribution in [0.5, 0.6) is 11.5 Å². The van der Waals surface area contributed by atoms with E-state index in [-0.39, 0.29) is 17.3 Å². The molecule has 33 heavy (non-hydrogen) atoms. The van der Waals surface area contributed by atoms with Crippen molar-refractivity contribution in [3.8, 4) is 22.8 Å². The number of phenolic OH excluding ortho intramolecular Hbond substituents is 1. The van der Waals surface area contributed by atoms with Gasteiger partial charge in [0.1, 0.15) is 5.69 Å². The second-order valence-corrected chi connectivity index (χ2v) is 7.58. The molecule has 2 aromatic carbocycles. The first-order valence-corrected chi connectivity index (χ1v) is 10.5. The zero-order valence-corrected chi connectivity index (χ0v) is 18.3. The number of hydrogen-bond donors (Lipinski definition) is 2. The molecule has 1 amide bonds. The summed E-state index contributed by atoms with van der Waals surface area (Å²) in [5.41, 5.74) is 2.63. The number of fused-ring (bicyclic) bond motifs is 1. The van der Waals surface area contributed by atoms with Crippen molar-refractivity contribution in [1.29, 1.82) is 0 Å². The molecule has 4 rings (SSSR count). The standard InChI is InChI=1S/C23H24N4O6/c1-3-33-18-13-15(8-9-17(18)28)22-19-20(14-6-4-7-16(12-14)27(30)31)24-25-21(19)23(29)26(22)10-5-11-32-2/h4,6-9,12-13,22,28H,3,5,10-11H2,1-2H3,(H,24,25). The van der Waals surface area contributed by atoms with E-state index in [1.54, 1.807) is 36.3 Å². The Morgan fingerprint density at radius 1 is 1.27 bits per heavy atom. The molecule has 3 aromatic rings. The van der Waals surface area contributed by atoms with Crippen LogP contribution in [-0.4, -0.2) is 57.9 Å². The third-order valence-corrected chi connectivity index (χ3v) is 5.54. The SMILES string of the molecule is CCOc1cc(C2c3c(-c4cccc([N+](=O)[O-])c4)n[nH]c3C(=O)N2CCCOC)ccc1O. The van der Waals surface area contributed by atoms with Crippen LogP contribution in [0.2, 0.25) is 0 Å². The first kappa shape index (κ1) is 22.3. The Morgan fingerprint density at radius 3 is 2.82 bits per heavy atom. The lowest BCUT2D eigenvalue weighted by molar-refractivity contribution is -0.384. The predicted octanol–water partition coefficient (Wildman–Crippen LogP) is 3.67. The molecule has 1 unspecified atom stereocenters. The summed E-state index contributed by atoms with van der Waals surface area (Å²) in [5.74, 6) is 0.0941. The third-order valence-electron chi connectivity index (χ3n) is 5.54. The van der Waals surface area contributed by atoms with Crippen LogP contribution in [-0.2, 0) is 4.74 Å². The topological polar surface area (TPSA) is 131 Å². The van der Waals surface area contributed by atoms with Crippen molar-refractivity contribution in [1.82, 2.24) is 15.1 Å². The van der Waals surface area contributed by atoms with Gasteiger partial charge in [-0.3, -0.25) is 20.0 Å². The van der Waals surface area contributed by atoms with Crippen molar-refractivity contribution in [2.45, 2.75) is 19.4 Å². The monoisotopic (exact) mass is 452 g/mol. The lowest BCUT2D eigenvalue weighted by Gasteiger charge is -2.26. The number of nitro groups is 1. The molecule has 0 aliphatic carbocycles. The van der Waals surface area contributed by atoms with Crippen LogP contribution in [0.3, 0.4) is 0 Å². The number of ether oxygens (including phenoxy) is 2. The molecule has 2 heterocycles. The zero-order chi connectivity index (χ0) is 23.5. The quantitative estimate of drug-likeness (QED) is 0.288. The Balaban J connectivity index is 1.84. The van der Waals surface area contributed by atoms with Crippen molar-refractivity contribution in [3.63, 3.8) is 0 Å². The number of aromatic hydroxyl groups is 1. The second-order valence-electron chi connectivity index (χ2n) is 7.58. The summed E-state index contributed by atoms with van der Waals surface area (Å²) in [6.07, 6.45) is 0.624. The molecule has 10 heteroatoms. The Bertz CT molecular complexity index is 1190. The van der Waals surface area contributed by atoms with E-state index in [4.69, 9.17) is 9.47 Å². The number of nitrogens with one attached hydrogen (secondary N) is 1. The van der Waals surface area contributed by atoms with Crippen molar-refractivity contribution >= 4 is 11.6 Å². The van der Waals surface area contributed by atoms with Gasteiger partial charge in [0, 0.05) is 43.5 Å². The summed E-state index contributed by atoms with van der Waals surface area (Å²) in [6, 6.07) is 10.6. The van der Waals surface area contributed by atoms with E-state index in [0.717, 1.165) is 5.56 Å². The van der Waals surface area contributed by atoms with E-state index >= 15 is 0 Å². The minimum Gasteiger partial charge on any atom is -0.504 e. The summed E-state index contributed by atoms with van der Waals surface area (Å²) < 4.78 is 10.7. The molecule has 0 radical (unpaired) electrons. The number of aromatic nitrogens is 2. The van der Waals surface area contributed by atoms with Gasteiger partial charge in [0.2, 0.25) is 0 Å². The van der Waals surface area contributed by atoms with E-state index < -0.39 is 11.0 Å². The molecule has 1 aliphatic rings. The average molecular weight is 452 g/mol. The molecule has 10 nitrogen and oxygen atoms in total. The Hall–Kier alpha value is -3.92. The molecule has 1 atom stereocenters. The minimum atomic E-state index is -0.517. The molecule has 1 aliphatic heterocycles. The smallest absolute Gasteiger partial charge is 0.273 e. The molecule has 172 valence electrons. The van der Waals surface area contributed by atoms with Crippen molar-refractivity contribution < 1.29 is 24.3 Å². The summed E-state index contributed by atoms with van der Waals surface area (Å²) in [5, 5.41) is 28.6. The van der Waals surface area contributed by atoms with Crippen LogP contribution >= 0.6 is 0 Å². The van der Waals surface area contributed by atoms with Gasteiger partial charge in [-0.25, -0.2) is 0 Å². The summed E-state index contributed by atoms with van der Waals surface area (Å²) in [6.45, 7) is 3.10. The number of nitrogens with zero attached hydrogens (tertiary/aromatic N) is 3. The number of methoxy groups -OCH3 is 1. The van der Waals surface area contributed by atoms with Gasteiger partial charge in [-0.05, 0) is 31.0 Å². The van der Waals surface area contributed by atoms with Gasteiger partial charge in [0.15, 0.2) is 11.5 Å². The van der Waals surface area contributed by atoms with Crippen LogP contribution in [0.15, 0.2) is 42.5 Å². The number of aromatic amines is 1. The summed E-state index contributed by atoms with van der Waals surface area (Å²) in [7, 11) is 1.60. The van der Waals surface area contributed by atoms with Gasteiger partial charge >= 0.3 is 0 Å². The first-order chi connectivity index (χ1) is 16.0. The van der Waals surface area contributed by atoms with E-state index in [1.165, 1.54) is 18.2 Å². The highest BCUT2D eigenvalue weighted by Gasteiger charge is 2.42. The highest BCUT2D eigenvalue weighted by Crippen LogP contribution is 2.44. The first-order valence-electron chi connectivity index (χ1n) is 10.5. The number of hydrogen-bond acceptors (Lipinski definition) is 7. The van der Waals surface area contributed by atoms with Gasteiger partial charge in [-0.2, -0.15) is 5.10 Å². The lowest BCUT2D eigenvalue weighted by atomic mass is 9.95. The van der Waals surface area contributed by atoms with Gasteiger partial charge in [0.25, 0.3) is 11.6 Å². The predicted molar refractivity (Wildman–Crippen MR) is 119 cm³/mol. The van der Waals surface area contributed by atoms with Crippen molar-refractivity contribution in [2.75, 3.05) is 26.9 Å². The number of rotatable bonds is 9. The molecular formula is C23H24N4O6. The highest BCUT2D eigenvalue weighted by atomic mass is 16.6. The van der Waals surface area contributed by atoms with Gasteiger partial charge < -0.3 is 19.5 Å². The lowest BCUT2D eigenvalue weighted by Crippen LogP contribution is -2.31. The normalized spacial score (nSPS) is 15.0. The molecule has 0 fully saturated rings. The van der Waals surface area contributed by atoms with E-state index in [1.807, 2.05) is 6.92 Å². The third kappa shape index (κ3) is 4.12. The maximum atomic E-state index is 13.3. The number of amides is 1. The Labute approximate surface area is 189 Å². The minimum absolute atomic E-state index is 0.00202.